The molecule has 18 heavy (non-hydrogen) atoms. The zero-order chi connectivity index (χ0) is 13.5. The monoisotopic (exact) mass is 249 g/mol. The number of benzene rings is 1. The zero-order valence-corrected chi connectivity index (χ0v) is 11.5. The second-order valence-corrected chi connectivity index (χ2v) is 4.41. The third-order valence-electron chi connectivity index (χ3n) is 3.02. The Hall–Kier alpha value is -1.55. The molecule has 0 heterocycles. The van der Waals surface area contributed by atoms with E-state index in [1.165, 1.54) is 5.56 Å². The fourth-order valence-corrected chi connectivity index (χ4v) is 1.93. The molecular weight excluding hydrogens is 226 g/mol. The Balaban J connectivity index is 2.91. The predicted octanol–water partition coefficient (Wildman–Crippen LogP) is 1.42. The number of amides is 1. The summed E-state index contributed by atoms with van der Waals surface area (Å²) in [5.41, 5.74) is 9.06. The fourth-order valence-electron chi connectivity index (χ4n) is 1.93. The summed E-state index contributed by atoms with van der Waals surface area (Å²) < 4.78 is 0. The van der Waals surface area contributed by atoms with E-state index in [0.717, 1.165) is 24.2 Å². The van der Waals surface area contributed by atoms with Gasteiger partial charge in [0.15, 0.2) is 0 Å². The van der Waals surface area contributed by atoms with Crippen LogP contribution in [0.2, 0.25) is 0 Å². The summed E-state index contributed by atoms with van der Waals surface area (Å²) in [6, 6.07) is 6.17. The van der Waals surface area contributed by atoms with Gasteiger partial charge in [-0.05, 0) is 36.6 Å². The van der Waals surface area contributed by atoms with Crippen molar-refractivity contribution < 1.29 is 4.79 Å². The molecule has 1 aromatic carbocycles. The smallest absolute Gasteiger partial charge is 0.239 e. The molecule has 0 unspecified atom stereocenters. The van der Waals surface area contributed by atoms with Crippen LogP contribution in [0.4, 0.5) is 5.69 Å². The molecule has 0 aromatic heterocycles. The van der Waals surface area contributed by atoms with Crippen LogP contribution in [0.5, 0.6) is 0 Å². The lowest BCUT2D eigenvalue weighted by Gasteiger charge is -2.24. The SMILES string of the molecule is CCCN(CC(=O)NC)c1ccc(CN)c(C)c1. The number of hydrogen-bond donors (Lipinski definition) is 2. The molecular formula is C14H23N3O. The number of rotatable bonds is 6. The molecule has 3 N–H and O–H groups in total. The quantitative estimate of drug-likeness (QED) is 0.801. The standard InChI is InChI=1S/C14H23N3O/c1-4-7-17(10-14(18)16-3)13-6-5-12(9-15)11(2)8-13/h5-6,8H,4,7,9-10,15H2,1-3H3,(H,16,18). The molecule has 4 heteroatoms. The maximum Gasteiger partial charge on any atom is 0.239 e. The highest BCUT2D eigenvalue weighted by molar-refractivity contribution is 5.81. The van der Waals surface area contributed by atoms with Crippen LogP contribution in [0.1, 0.15) is 24.5 Å². The van der Waals surface area contributed by atoms with Crippen LogP contribution in [0.3, 0.4) is 0 Å². The molecule has 0 bridgehead atoms. The number of likely N-dealkylation sites (N-methyl/N-ethyl adjacent to an activating group) is 1. The van der Waals surface area contributed by atoms with E-state index in [1.54, 1.807) is 7.05 Å². The van der Waals surface area contributed by atoms with Gasteiger partial charge in [-0.2, -0.15) is 0 Å². The van der Waals surface area contributed by atoms with Gasteiger partial charge in [0.05, 0.1) is 6.54 Å². The van der Waals surface area contributed by atoms with E-state index in [2.05, 4.69) is 30.1 Å². The first-order valence-electron chi connectivity index (χ1n) is 6.37. The van der Waals surface area contributed by atoms with Crippen LogP contribution in [-0.4, -0.2) is 26.0 Å². The second kappa shape index (κ2) is 7.01. The Morgan fingerprint density at radius 3 is 2.67 bits per heavy atom. The molecule has 0 spiro atoms. The van der Waals surface area contributed by atoms with E-state index in [0.29, 0.717) is 13.1 Å². The van der Waals surface area contributed by atoms with E-state index in [9.17, 15) is 4.79 Å². The predicted molar refractivity (Wildman–Crippen MR) is 75.6 cm³/mol. The Bertz CT molecular complexity index is 404. The Morgan fingerprint density at radius 2 is 2.17 bits per heavy atom. The van der Waals surface area contributed by atoms with Gasteiger partial charge in [-0.3, -0.25) is 4.79 Å². The minimum Gasteiger partial charge on any atom is -0.362 e. The molecule has 1 rings (SSSR count). The average Bonchev–Trinajstić information content (AvgIpc) is 2.38. The number of nitrogens with two attached hydrogens (primary N) is 1. The summed E-state index contributed by atoms with van der Waals surface area (Å²) in [7, 11) is 1.66. The number of carbonyl (C=O) groups is 1. The highest BCUT2D eigenvalue weighted by atomic mass is 16.1. The van der Waals surface area contributed by atoms with Gasteiger partial charge in [0, 0.05) is 25.8 Å². The molecule has 0 saturated carbocycles. The maximum atomic E-state index is 11.5. The van der Waals surface area contributed by atoms with Gasteiger partial charge in [-0.25, -0.2) is 0 Å². The van der Waals surface area contributed by atoms with Crippen molar-refractivity contribution in [2.24, 2.45) is 5.73 Å². The van der Waals surface area contributed by atoms with Crippen LogP contribution < -0.4 is 16.0 Å². The number of hydrogen-bond acceptors (Lipinski definition) is 3. The molecule has 1 amide bonds. The second-order valence-electron chi connectivity index (χ2n) is 4.41. The fraction of sp³-hybridized carbons (Fsp3) is 0.500. The van der Waals surface area contributed by atoms with Gasteiger partial charge in [0.2, 0.25) is 5.91 Å². The molecule has 0 fully saturated rings. The minimum absolute atomic E-state index is 0.0315. The zero-order valence-electron chi connectivity index (χ0n) is 11.5. The maximum absolute atomic E-state index is 11.5. The summed E-state index contributed by atoms with van der Waals surface area (Å²) in [6.45, 7) is 5.98. The Morgan fingerprint density at radius 1 is 1.44 bits per heavy atom. The molecule has 4 nitrogen and oxygen atoms in total. The number of carbonyl (C=O) groups excluding carboxylic acids is 1. The summed E-state index contributed by atoms with van der Waals surface area (Å²) in [5, 5.41) is 2.66. The van der Waals surface area contributed by atoms with Crippen molar-refractivity contribution >= 4 is 11.6 Å². The van der Waals surface area contributed by atoms with Crippen LogP contribution in [0.25, 0.3) is 0 Å². The molecule has 0 saturated heterocycles. The largest absolute Gasteiger partial charge is 0.362 e. The van der Waals surface area contributed by atoms with Gasteiger partial charge in [0.25, 0.3) is 0 Å². The summed E-state index contributed by atoms with van der Waals surface area (Å²) in [4.78, 5) is 13.6. The summed E-state index contributed by atoms with van der Waals surface area (Å²) in [5.74, 6) is 0.0315. The van der Waals surface area contributed by atoms with Gasteiger partial charge in [0.1, 0.15) is 0 Å². The normalized spacial score (nSPS) is 10.2. The van der Waals surface area contributed by atoms with Gasteiger partial charge in [-0.15, -0.1) is 0 Å². The van der Waals surface area contributed by atoms with Gasteiger partial charge >= 0.3 is 0 Å². The van der Waals surface area contributed by atoms with Crippen molar-refractivity contribution in [3.05, 3.63) is 29.3 Å². The summed E-state index contributed by atoms with van der Waals surface area (Å²) >= 11 is 0. The lowest BCUT2D eigenvalue weighted by Crippen LogP contribution is -2.36. The average molecular weight is 249 g/mol. The lowest BCUT2D eigenvalue weighted by atomic mass is 10.1. The third kappa shape index (κ3) is 3.74. The number of nitrogens with zero attached hydrogens (tertiary/aromatic N) is 1. The van der Waals surface area contributed by atoms with Crippen molar-refractivity contribution in [2.75, 3.05) is 25.0 Å². The summed E-state index contributed by atoms with van der Waals surface area (Å²) in [6.07, 6.45) is 1.01. The first-order chi connectivity index (χ1) is 8.62. The van der Waals surface area contributed by atoms with Crippen LogP contribution >= 0.6 is 0 Å². The van der Waals surface area contributed by atoms with Gasteiger partial charge in [-0.1, -0.05) is 13.0 Å². The highest BCUT2D eigenvalue weighted by Gasteiger charge is 2.10. The van der Waals surface area contributed by atoms with Crippen molar-refractivity contribution in [1.29, 1.82) is 0 Å². The van der Waals surface area contributed by atoms with E-state index >= 15 is 0 Å². The lowest BCUT2D eigenvalue weighted by molar-refractivity contribution is -0.119. The van der Waals surface area contributed by atoms with Crippen LogP contribution in [-0.2, 0) is 11.3 Å². The first-order valence-corrected chi connectivity index (χ1v) is 6.37. The third-order valence-corrected chi connectivity index (χ3v) is 3.02. The molecule has 0 radical (unpaired) electrons. The first kappa shape index (κ1) is 14.5. The van der Waals surface area contributed by atoms with Crippen molar-refractivity contribution in [1.82, 2.24) is 5.32 Å². The minimum atomic E-state index is 0.0315. The Labute approximate surface area is 109 Å². The molecule has 1 aromatic rings. The van der Waals surface area contributed by atoms with E-state index in [1.807, 2.05) is 12.1 Å². The van der Waals surface area contributed by atoms with E-state index < -0.39 is 0 Å². The van der Waals surface area contributed by atoms with E-state index in [4.69, 9.17) is 5.73 Å². The molecule has 0 aliphatic carbocycles. The molecule has 0 aliphatic rings. The van der Waals surface area contributed by atoms with Crippen LogP contribution in [0, 0.1) is 6.92 Å². The number of aryl methyl sites for hydroxylation is 1. The topological polar surface area (TPSA) is 58.4 Å². The Kier molecular flexibility index (Phi) is 5.65. The van der Waals surface area contributed by atoms with E-state index in [-0.39, 0.29) is 5.91 Å². The van der Waals surface area contributed by atoms with Gasteiger partial charge < -0.3 is 16.0 Å². The van der Waals surface area contributed by atoms with Crippen molar-refractivity contribution in [3.63, 3.8) is 0 Å². The van der Waals surface area contributed by atoms with Crippen molar-refractivity contribution in [3.8, 4) is 0 Å². The number of nitrogens with one attached hydrogen (secondary N) is 1. The molecule has 0 atom stereocenters. The molecule has 100 valence electrons. The van der Waals surface area contributed by atoms with Crippen molar-refractivity contribution in [2.45, 2.75) is 26.8 Å². The van der Waals surface area contributed by atoms with Crippen LogP contribution in [0.15, 0.2) is 18.2 Å². The molecule has 0 aliphatic heterocycles. The highest BCUT2D eigenvalue weighted by Crippen LogP contribution is 2.19. The number of anilines is 1.